The van der Waals surface area contributed by atoms with Gasteiger partial charge < -0.3 is 10.1 Å². The Morgan fingerprint density at radius 1 is 1.44 bits per heavy atom. The summed E-state index contributed by atoms with van der Waals surface area (Å²) >= 11 is 0. The molecule has 3 nitrogen and oxygen atoms in total. The second-order valence-corrected chi connectivity index (χ2v) is 3.76. The lowest BCUT2D eigenvalue weighted by Crippen LogP contribution is -2.24. The highest BCUT2D eigenvalue weighted by Crippen LogP contribution is 2.30. The first kappa shape index (κ1) is 14.8. The zero-order valence-corrected chi connectivity index (χ0v) is 10.0. The molecule has 0 aliphatic carbocycles. The monoisotopic (exact) mass is 266 g/mol. The number of hydrogen-bond acceptors (Lipinski definition) is 3. The average molecular weight is 266 g/mol. The van der Waals surface area contributed by atoms with E-state index in [4.69, 9.17) is 4.74 Å². The van der Waals surface area contributed by atoms with Crippen LogP contribution in [0.5, 0.6) is 0 Å². The summed E-state index contributed by atoms with van der Waals surface area (Å²) in [6.45, 7) is 2.50. The molecular formula is C11H14F4N2O. The van der Waals surface area contributed by atoms with E-state index >= 15 is 0 Å². The Labute approximate surface area is 102 Å². The van der Waals surface area contributed by atoms with Crippen LogP contribution in [-0.4, -0.2) is 25.2 Å². The van der Waals surface area contributed by atoms with Crippen LogP contribution in [0, 0.1) is 5.82 Å². The van der Waals surface area contributed by atoms with Crippen LogP contribution in [0.15, 0.2) is 12.3 Å². The lowest BCUT2D eigenvalue weighted by molar-refractivity contribution is -0.138. The van der Waals surface area contributed by atoms with Crippen LogP contribution in [-0.2, 0) is 10.9 Å². The van der Waals surface area contributed by atoms with Crippen LogP contribution in [0.2, 0.25) is 0 Å². The summed E-state index contributed by atoms with van der Waals surface area (Å²) in [7, 11) is 1.52. The Balaban J connectivity index is 2.79. The van der Waals surface area contributed by atoms with Gasteiger partial charge in [-0.3, -0.25) is 4.98 Å². The molecule has 0 saturated heterocycles. The van der Waals surface area contributed by atoms with Crippen LogP contribution in [0.3, 0.4) is 0 Å². The molecule has 0 spiro atoms. The largest absolute Gasteiger partial charge is 0.417 e. The van der Waals surface area contributed by atoms with Crippen molar-refractivity contribution in [2.45, 2.75) is 19.1 Å². The molecule has 1 aromatic rings. The molecular weight excluding hydrogens is 252 g/mol. The van der Waals surface area contributed by atoms with Crippen molar-refractivity contribution < 1.29 is 22.3 Å². The lowest BCUT2D eigenvalue weighted by atomic mass is 10.1. The van der Waals surface area contributed by atoms with Crippen LogP contribution in [0.1, 0.15) is 24.2 Å². The van der Waals surface area contributed by atoms with Crippen LogP contribution < -0.4 is 5.32 Å². The molecule has 0 radical (unpaired) electrons. The van der Waals surface area contributed by atoms with Gasteiger partial charge in [0.2, 0.25) is 0 Å². The van der Waals surface area contributed by atoms with Gasteiger partial charge in [-0.1, -0.05) is 0 Å². The van der Waals surface area contributed by atoms with Crippen molar-refractivity contribution in [1.82, 2.24) is 10.3 Å². The first-order valence-corrected chi connectivity index (χ1v) is 5.31. The highest BCUT2D eigenvalue weighted by atomic mass is 19.4. The van der Waals surface area contributed by atoms with Gasteiger partial charge in [-0.25, -0.2) is 4.39 Å². The summed E-state index contributed by atoms with van der Waals surface area (Å²) in [5.41, 5.74) is -1.13. The van der Waals surface area contributed by atoms with E-state index in [-0.39, 0.29) is 5.69 Å². The van der Waals surface area contributed by atoms with E-state index in [0.717, 1.165) is 0 Å². The average Bonchev–Trinajstić information content (AvgIpc) is 2.27. The standard InChI is InChI=1S/C11H14F4N2O/c1-7(16-3-4-18-2)10-9(12)5-8(6-17-10)11(13,14)15/h5-7,16H,3-4H2,1-2H3. The molecule has 1 atom stereocenters. The molecule has 0 saturated carbocycles. The van der Waals surface area contributed by atoms with E-state index in [9.17, 15) is 17.6 Å². The van der Waals surface area contributed by atoms with Gasteiger partial charge in [0.15, 0.2) is 0 Å². The number of alkyl halides is 3. The summed E-state index contributed by atoms with van der Waals surface area (Å²) in [5.74, 6) is -0.970. The van der Waals surface area contributed by atoms with Gasteiger partial charge in [-0.2, -0.15) is 13.2 Å². The molecule has 102 valence electrons. The second-order valence-electron chi connectivity index (χ2n) is 3.76. The fourth-order valence-corrected chi connectivity index (χ4v) is 1.40. The minimum atomic E-state index is -4.58. The van der Waals surface area contributed by atoms with Gasteiger partial charge in [0.05, 0.1) is 17.9 Å². The van der Waals surface area contributed by atoms with Gasteiger partial charge in [-0.15, -0.1) is 0 Å². The van der Waals surface area contributed by atoms with Crippen molar-refractivity contribution >= 4 is 0 Å². The van der Waals surface area contributed by atoms with Crippen molar-refractivity contribution in [2.24, 2.45) is 0 Å². The third kappa shape index (κ3) is 3.92. The van der Waals surface area contributed by atoms with Gasteiger partial charge in [0, 0.05) is 25.9 Å². The number of pyridine rings is 1. The van der Waals surface area contributed by atoms with E-state index in [2.05, 4.69) is 10.3 Å². The number of hydrogen-bond donors (Lipinski definition) is 1. The number of rotatable bonds is 5. The first-order valence-electron chi connectivity index (χ1n) is 5.31. The van der Waals surface area contributed by atoms with Crippen molar-refractivity contribution in [1.29, 1.82) is 0 Å². The Morgan fingerprint density at radius 3 is 2.61 bits per heavy atom. The molecule has 1 aromatic heterocycles. The van der Waals surface area contributed by atoms with Crippen LogP contribution in [0.4, 0.5) is 17.6 Å². The fraction of sp³-hybridized carbons (Fsp3) is 0.545. The summed E-state index contributed by atoms with van der Waals surface area (Å²) in [6.07, 6.45) is -3.95. The first-order chi connectivity index (χ1) is 8.36. The molecule has 18 heavy (non-hydrogen) atoms. The number of nitrogens with zero attached hydrogens (tertiary/aromatic N) is 1. The third-order valence-electron chi connectivity index (χ3n) is 2.36. The predicted molar refractivity (Wildman–Crippen MR) is 57.5 cm³/mol. The van der Waals surface area contributed by atoms with E-state index < -0.39 is 23.6 Å². The van der Waals surface area contributed by atoms with Gasteiger partial charge in [0.1, 0.15) is 5.82 Å². The molecule has 0 amide bonds. The summed E-state index contributed by atoms with van der Waals surface area (Å²) in [6, 6.07) is -0.0287. The maximum Gasteiger partial charge on any atom is 0.417 e. The number of halogens is 4. The van der Waals surface area contributed by atoms with Crippen molar-refractivity contribution in [2.75, 3.05) is 20.3 Å². The Morgan fingerprint density at radius 2 is 2.11 bits per heavy atom. The molecule has 1 unspecified atom stereocenters. The van der Waals surface area contributed by atoms with Crippen LogP contribution in [0.25, 0.3) is 0 Å². The van der Waals surface area contributed by atoms with Gasteiger partial charge in [-0.05, 0) is 13.0 Å². The second kappa shape index (κ2) is 6.10. The number of ether oxygens (including phenoxy) is 1. The van der Waals surface area contributed by atoms with Gasteiger partial charge >= 0.3 is 6.18 Å². The van der Waals surface area contributed by atoms with Crippen molar-refractivity contribution in [3.05, 3.63) is 29.3 Å². The van der Waals surface area contributed by atoms with Crippen LogP contribution >= 0.6 is 0 Å². The SMILES string of the molecule is COCCNC(C)c1ncc(C(F)(F)F)cc1F. The quantitative estimate of drug-likeness (QED) is 0.657. The highest BCUT2D eigenvalue weighted by molar-refractivity contribution is 5.20. The third-order valence-corrected chi connectivity index (χ3v) is 2.36. The molecule has 0 aliphatic rings. The molecule has 1 heterocycles. The molecule has 0 aromatic carbocycles. The molecule has 0 fully saturated rings. The smallest absolute Gasteiger partial charge is 0.383 e. The van der Waals surface area contributed by atoms with Crippen molar-refractivity contribution in [3.8, 4) is 0 Å². The highest BCUT2D eigenvalue weighted by Gasteiger charge is 2.32. The molecule has 1 N–H and O–H groups in total. The maximum absolute atomic E-state index is 13.5. The van der Waals surface area contributed by atoms with E-state index in [1.54, 1.807) is 6.92 Å². The molecule has 1 rings (SSSR count). The fourth-order valence-electron chi connectivity index (χ4n) is 1.40. The summed E-state index contributed by atoms with van der Waals surface area (Å²) in [4.78, 5) is 3.53. The lowest BCUT2D eigenvalue weighted by Gasteiger charge is -2.15. The minimum absolute atomic E-state index is 0.0425. The van der Waals surface area contributed by atoms with E-state index in [0.29, 0.717) is 25.4 Å². The summed E-state index contributed by atoms with van der Waals surface area (Å²) < 4.78 is 55.2. The Bertz CT molecular complexity index is 395. The molecule has 7 heteroatoms. The van der Waals surface area contributed by atoms with E-state index in [1.807, 2.05) is 0 Å². The Hall–Kier alpha value is -1.21. The number of methoxy groups -OCH3 is 1. The van der Waals surface area contributed by atoms with E-state index in [1.165, 1.54) is 7.11 Å². The summed E-state index contributed by atoms with van der Waals surface area (Å²) in [5, 5.41) is 2.89. The normalized spacial score (nSPS) is 13.7. The Kier molecular flexibility index (Phi) is 5.03. The van der Waals surface area contributed by atoms with Gasteiger partial charge in [0.25, 0.3) is 0 Å². The predicted octanol–water partition coefficient (Wildman–Crippen LogP) is 2.54. The number of aromatic nitrogens is 1. The topological polar surface area (TPSA) is 34.1 Å². The molecule has 0 aliphatic heterocycles. The molecule has 0 bridgehead atoms. The number of nitrogens with one attached hydrogen (secondary N) is 1. The zero-order valence-electron chi connectivity index (χ0n) is 10.0. The maximum atomic E-state index is 13.5. The zero-order chi connectivity index (χ0) is 13.8. The van der Waals surface area contributed by atoms with Crippen molar-refractivity contribution in [3.63, 3.8) is 0 Å². The minimum Gasteiger partial charge on any atom is -0.383 e.